The van der Waals surface area contributed by atoms with Gasteiger partial charge in [0.05, 0.1) is 12.0 Å². The predicted octanol–water partition coefficient (Wildman–Crippen LogP) is 1.97. The second kappa shape index (κ2) is 9.16. The molecule has 0 aromatic carbocycles. The molecule has 164 valence electrons. The molecular formula is C24H30N4O3. The molecule has 2 aromatic rings. The minimum absolute atomic E-state index is 0.0436. The molecule has 4 rings (SSSR count). The predicted molar refractivity (Wildman–Crippen MR) is 119 cm³/mol. The number of aliphatic hydroxyl groups excluding tert-OH is 1. The number of carbonyl (C=O) groups is 1. The minimum Gasteiger partial charge on any atom is -0.396 e. The highest BCUT2D eigenvalue weighted by Crippen LogP contribution is 2.48. The molecule has 31 heavy (non-hydrogen) atoms. The minimum atomic E-state index is -0.418. The molecule has 7 nitrogen and oxygen atoms in total. The SMILES string of the molecule is C/C=C/c1ccc2n(c1=O)C[C@@H]1[C@@H](CO)[C@H](C(=O)NCCC)[C@H]2N1Cc1cccnc1. The lowest BCUT2D eigenvalue weighted by atomic mass is 9.86. The monoisotopic (exact) mass is 422 g/mol. The number of aromatic nitrogens is 2. The van der Waals surface area contributed by atoms with Crippen LogP contribution in [0.5, 0.6) is 0 Å². The summed E-state index contributed by atoms with van der Waals surface area (Å²) in [4.78, 5) is 32.9. The van der Waals surface area contributed by atoms with Crippen LogP contribution in [0.3, 0.4) is 0 Å². The van der Waals surface area contributed by atoms with Crippen molar-refractivity contribution in [3.8, 4) is 0 Å². The molecule has 0 saturated carbocycles. The van der Waals surface area contributed by atoms with Crippen LogP contribution in [-0.4, -0.2) is 44.7 Å². The Morgan fingerprint density at radius 2 is 2.19 bits per heavy atom. The first-order chi connectivity index (χ1) is 15.1. The van der Waals surface area contributed by atoms with Crippen LogP contribution in [0, 0.1) is 11.8 Å². The third-order valence-corrected chi connectivity index (χ3v) is 6.49. The van der Waals surface area contributed by atoms with Crippen LogP contribution < -0.4 is 10.9 Å². The number of pyridine rings is 2. The lowest BCUT2D eigenvalue weighted by Gasteiger charge is -2.38. The fraction of sp³-hybridized carbons (Fsp3) is 0.458. The molecule has 4 atom stereocenters. The first-order valence-electron chi connectivity index (χ1n) is 11.0. The van der Waals surface area contributed by atoms with Gasteiger partial charge in [-0.2, -0.15) is 0 Å². The summed E-state index contributed by atoms with van der Waals surface area (Å²) in [5.41, 5.74) is 2.48. The summed E-state index contributed by atoms with van der Waals surface area (Å²) in [5.74, 6) is -0.718. The molecule has 7 heteroatoms. The van der Waals surface area contributed by atoms with E-state index in [2.05, 4.69) is 15.2 Å². The van der Waals surface area contributed by atoms with Crippen LogP contribution in [0.25, 0.3) is 6.08 Å². The number of amides is 1. The second-order valence-corrected chi connectivity index (χ2v) is 8.34. The topological polar surface area (TPSA) is 87.5 Å². The van der Waals surface area contributed by atoms with Gasteiger partial charge in [-0.3, -0.25) is 19.5 Å². The van der Waals surface area contributed by atoms with E-state index in [4.69, 9.17) is 0 Å². The van der Waals surface area contributed by atoms with E-state index < -0.39 is 5.92 Å². The van der Waals surface area contributed by atoms with Gasteiger partial charge in [0.2, 0.25) is 5.91 Å². The molecule has 1 amide bonds. The van der Waals surface area contributed by atoms with Crippen molar-refractivity contribution in [1.29, 1.82) is 0 Å². The van der Waals surface area contributed by atoms with Gasteiger partial charge in [-0.15, -0.1) is 0 Å². The molecule has 2 N–H and O–H groups in total. The van der Waals surface area contributed by atoms with E-state index in [0.717, 1.165) is 17.7 Å². The van der Waals surface area contributed by atoms with Crippen molar-refractivity contribution >= 4 is 12.0 Å². The van der Waals surface area contributed by atoms with Gasteiger partial charge in [0.25, 0.3) is 5.56 Å². The van der Waals surface area contributed by atoms with Crippen LogP contribution in [0.15, 0.2) is 47.5 Å². The van der Waals surface area contributed by atoms with Gasteiger partial charge >= 0.3 is 0 Å². The summed E-state index contributed by atoms with van der Waals surface area (Å²) in [6.45, 7) is 5.48. The quantitative estimate of drug-likeness (QED) is 0.712. The number of rotatable bonds is 7. The van der Waals surface area contributed by atoms with E-state index in [0.29, 0.717) is 25.2 Å². The maximum Gasteiger partial charge on any atom is 0.258 e. The molecule has 2 aliphatic heterocycles. The summed E-state index contributed by atoms with van der Waals surface area (Å²) in [5, 5.41) is 13.3. The Morgan fingerprint density at radius 3 is 2.87 bits per heavy atom. The Hall–Kier alpha value is -2.77. The number of hydrogen-bond donors (Lipinski definition) is 2. The number of nitrogens with one attached hydrogen (secondary N) is 1. The van der Waals surface area contributed by atoms with E-state index in [1.165, 1.54) is 0 Å². The van der Waals surface area contributed by atoms with Gasteiger partial charge in [-0.1, -0.05) is 25.1 Å². The van der Waals surface area contributed by atoms with Crippen molar-refractivity contribution in [2.24, 2.45) is 11.8 Å². The summed E-state index contributed by atoms with van der Waals surface area (Å²) in [6, 6.07) is 7.33. The molecule has 0 radical (unpaired) electrons. The summed E-state index contributed by atoms with van der Waals surface area (Å²) in [7, 11) is 0. The Balaban J connectivity index is 1.81. The Kier molecular flexibility index (Phi) is 6.34. The maximum absolute atomic E-state index is 13.2. The third-order valence-electron chi connectivity index (χ3n) is 6.49. The van der Waals surface area contributed by atoms with Crippen molar-refractivity contribution in [1.82, 2.24) is 19.8 Å². The molecular weight excluding hydrogens is 392 g/mol. The van der Waals surface area contributed by atoms with Crippen molar-refractivity contribution in [3.05, 3.63) is 69.9 Å². The molecule has 1 saturated heterocycles. The Morgan fingerprint density at radius 1 is 1.35 bits per heavy atom. The van der Waals surface area contributed by atoms with E-state index in [-0.39, 0.29) is 36.1 Å². The van der Waals surface area contributed by atoms with Gasteiger partial charge in [0.15, 0.2) is 0 Å². The summed E-state index contributed by atoms with van der Waals surface area (Å²) < 4.78 is 1.81. The number of allylic oxidation sites excluding steroid dienone is 1. The van der Waals surface area contributed by atoms with Crippen LogP contribution in [0.4, 0.5) is 0 Å². The lowest BCUT2D eigenvalue weighted by Crippen LogP contribution is -2.46. The molecule has 1 fully saturated rings. The zero-order valence-corrected chi connectivity index (χ0v) is 18.1. The highest BCUT2D eigenvalue weighted by Gasteiger charge is 2.55. The van der Waals surface area contributed by atoms with Crippen molar-refractivity contribution in [3.63, 3.8) is 0 Å². The van der Waals surface area contributed by atoms with E-state index in [9.17, 15) is 14.7 Å². The second-order valence-electron chi connectivity index (χ2n) is 8.34. The molecule has 0 spiro atoms. The van der Waals surface area contributed by atoms with E-state index in [1.807, 2.05) is 56.5 Å². The molecule has 4 heterocycles. The average Bonchev–Trinajstić information content (AvgIpc) is 2.99. The molecule has 2 aliphatic rings. The first-order valence-corrected chi connectivity index (χ1v) is 11.0. The van der Waals surface area contributed by atoms with Crippen LogP contribution >= 0.6 is 0 Å². The molecule has 0 aliphatic carbocycles. The van der Waals surface area contributed by atoms with Gasteiger partial charge in [-0.05, 0) is 37.1 Å². The van der Waals surface area contributed by atoms with E-state index >= 15 is 0 Å². The number of carbonyl (C=O) groups excluding carboxylic acids is 1. The number of hydrogen-bond acceptors (Lipinski definition) is 5. The standard InChI is InChI=1S/C24H30N4O3/c1-3-6-17-8-9-19-22-21(23(30)26-10-4-2)18(15-29)20(14-28(19)24(17)31)27(22)13-16-7-5-11-25-12-16/h3,5-9,11-12,18,20-22,29H,4,10,13-15H2,1-2H3,(H,26,30)/b6-3+/t18-,20-,21+,22+/m1/s1. The van der Waals surface area contributed by atoms with Crippen molar-refractivity contribution < 1.29 is 9.90 Å². The highest BCUT2D eigenvalue weighted by molar-refractivity contribution is 5.80. The largest absolute Gasteiger partial charge is 0.396 e. The molecule has 2 aromatic heterocycles. The van der Waals surface area contributed by atoms with Crippen LogP contribution in [0.1, 0.15) is 43.1 Å². The average molecular weight is 423 g/mol. The smallest absolute Gasteiger partial charge is 0.258 e. The van der Waals surface area contributed by atoms with Crippen molar-refractivity contribution in [2.75, 3.05) is 13.2 Å². The van der Waals surface area contributed by atoms with E-state index in [1.54, 1.807) is 10.8 Å². The van der Waals surface area contributed by atoms with Crippen molar-refractivity contribution in [2.45, 2.75) is 45.4 Å². The lowest BCUT2D eigenvalue weighted by molar-refractivity contribution is -0.127. The van der Waals surface area contributed by atoms with Gasteiger partial charge < -0.3 is 15.0 Å². The fourth-order valence-electron chi connectivity index (χ4n) is 5.13. The number of nitrogens with zero attached hydrogens (tertiary/aromatic N) is 3. The maximum atomic E-state index is 13.2. The highest BCUT2D eigenvalue weighted by atomic mass is 16.3. The van der Waals surface area contributed by atoms with Crippen LogP contribution in [-0.2, 0) is 17.9 Å². The van der Waals surface area contributed by atoms with Gasteiger partial charge in [0.1, 0.15) is 0 Å². The number of fused-ring (bicyclic) bond motifs is 4. The molecule has 0 unspecified atom stereocenters. The fourth-order valence-corrected chi connectivity index (χ4v) is 5.13. The Bertz CT molecular complexity index is 1020. The molecule has 2 bridgehead atoms. The number of aliphatic hydroxyl groups is 1. The van der Waals surface area contributed by atoms with Crippen LogP contribution in [0.2, 0.25) is 0 Å². The summed E-state index contributed by atoms with van der Waals surface area (Å²) in [6.07, 6.45) is 8.08. The normalized spacial score (nSPS) is 25.0. The Labute approximate surface area is 182 Å². The third kappa shape index (κ3) is 3.83. The zero-order chi connectivity index (χ0) is 22.0. The van der Waals surface area contributed by atoms with Gasteiger partial charge in [0, 0.05) is 61.9 Å². The van der Waals surface area contributed by atoms with Gasteiger partial charge in [-0.25, -0.2) is 0 Å². The zero-order valence-electron chi connectivity index (χ0n) is 18.1. The summed E-state index contributed by atoms with van der Waals surface area (Å²) >= 11 is 0. The first kappa shape index (κ1) is 21.5.